The van der Waals surface area contributed by atoms with Crippen molar-refractivity contribution in [2.45, 2.75) is 6.54 Å². The van der Waals surface area contributed by atoms with E-state index in [0.29, 0.717) is 27.8 Å². The van der Waals surface area contributed by atoms with E-state index in [1.54, 1.807) is 30.3 Å². The second-order valence-corrected chi connectivity index (χ2v) is 4.74. The quantitative estimate of drug-likeness (QED) is 0.907. The summed E-state index contributed by atoms with van der Waals surface area (Å²) in [6.07, 6.45) is 0. The van der Waals surface area contributed by atoms with Gasteiger partial charge in [0.15, 0.2) is 0 Å². The SMILES string of the molecule is NCc1ccc(C(=O)Nc2cccc(Cl)c2Cl)cc1. The molecule has 0 aliphatic carbocycles. The molecule has 3 N–H and O–H groups in total. The molecule has 0 fully saturated rings. The lowest BCUT2D eigenvalue weighted by atomic mass is 10.1. The third kappa shape index (κ3) is 3.26. The van der Waals surface area contributed by atoms with Crippen LogP contribution in [0.5, 0.6) is 0 Å². The first-order valence-electron chi connectivity index (χ1n) is 5.66. The highest BCUT2D eigenvalue weighted by atomic mass is 35.5. The number of amides is 1. The monoisotopic (exact) mass is 294 g/mol. The van der Waals surface area contributed by atoms with Gasteiger partial charge in [0.05, 0.1) is 15.7 Å². The van der Waals surface area contributed by atoms with E-state index in [-0.39, 0.29) is 5.91 Å². The van der Waals surface area contributed by atoms with Gasteiger partial charge in [-0.2, -0.15) is 0 Å². The molecule has 0 saturated heterocycles. The molecule has 0 aliphatic rings. The molecule has 2 rings (SSSR count). The van der Waals surface area contributed by atoms with Crippen molar-refractivity contribution in [2.24, 2.45) is 5.73 Å². The largest absolute Gasteiger partial charge is 0.326 e. The predicted molar refractivity (Wildman–Crippen MR) is 78.7 cm³/mol. The maximum absolute atomic E-state index is 12.0. The van der Waals surface area contributed by atoms with Gasteiger partial charge >= 0.3 is 0 Å². The number of halogens is 2. The van der Waals surface area contributed by atoms with Crippen molar-refractivity contribution in [1.29, 1.82) is 0 Å². The summed E-state index contributed by atoms with van der Waals surface area (Å²) < 4.78 is 0. The minimum absolute atomic E-state index is 0.243. The van der Waals surface area contributed by atoms with Gasteiger partial charge in [-0.1, -0.05) is 41.4 Å². The number of carbonyl (C=O) groups excluding carboxylic acids is 1. The van der Waals surface area contributed by atoms with Gasteiger partial charge in [0.2, 0.25) is 0 Å². The molecule has 2 aromatic carbocycles. The summed E-state index contributed by atoms with van der Waals surface area (Å²) in [5.41, 5.74) is 7.50. The standard InChI is InChI=1S/C14H12Cl2N2O/c15-11-2-1-3-12(13(11)16)18-14(19)10-6-4-9(8-17)5-7-10/h1-7H,8,17H2,(H,18,19). The molecule has 0 radical (unpaired) electrons. The summed E-state index contributed by atoms with van der Waals surface area (Å²) >= 11 is 11.9. The lowest BCUT2D eigenvalue weighted by Crippen LogP contribution is -2.12. The molecule has 1 amide bonds. The van der Waals surface area contributed by atoms with Crippen molar-refractivity contribution in [2.75, 3.05) is 5.32 Å². The second kappa shape index (κ2) is 6.06. The van der Waals surface area contributed by atoms with Crippen molar-refractivity contribution in [3.8, 4) is 0 Å². The van der Waals surface area contributed by atoms with Crippen molar-refractivity contribution in [3.05, 3.63) is 63.6 Å². The van der Waals surface area contributed by atoms with E-state index in [1.807, 2.05) is 12.1 Å². The molecule has 0 aromatic heterocycles. The molecule has 0 heterocycles. The summed E-state index contributed by atoms with van der Waals surface area (Å²) in [6, 6.07) is 12.1. The number of nitrogens with one attached hydrogen (secondary N) is 1. The van der Waals surface area contributed by atoms with Gasteiger partial charge in [0, 0.05) is 12.1 Å². The first-order valence-corrected chi connectivity index (χ1v) is 6.42. The first-order chi connectivity index (χ1) is 9.11. The average Bonchev–Trinajstić information content (AvgIpc) is 2.44. The Kier molecular flexibility index (Phi) is 4.43. The molecule has 0 spiro atoms. The molecule has 5 heteroatoms. The van der Waals surface area contributed by atoms with E-state index in [2.05, 4.69) is 5.32 Å². The molecular formula is C14H12Cl2N2O. The highest BCUT2D eigenvalue weighted by Gasteiger charge is 2.09. The molecule has 3 nitrogen and oxygen atoms in total. The molecule has 98 valence electrons. The third-order valence-corrected chi connectivity index (χ3v) is 3.47. The molecule has 19 heavy (non-hydrogen) atoms. The Bertz CT molecular complexity index is 597. The van der Waals surface area contributed by atoms with Crippen LogP contribution in [-0.2, 0) is 6.54 Å². The zero-order valence-corrected chi connectivity index (χ0v) is 11.5. The van der Waals surface area contributed by atoms with Crippen LogP contribution >= 0.6 is 23.2 Å². The van der Waals surface area contributed by atoms with Crippen LogP contribution in [0.3, 0.4) is 0 Å². The van der Waals surface area contributed by atoms with E-state index in [1.165, 1.54) is 0 Å². The van der Waals surface area contributed by atoms with E-state index in [4.69, 9.17) is 28.9 Å². The highest BCUT2D eigenvalue weighted by molar-refractivity contribution is 6.44. The molecule has 0 aliphatic heterocycles. The van der Waals surface area contributed by atoms with E-state index < -0.39 is 0 Å². The molecule has 0 saturated carbocycles. The number of anilines is 1. The van der Waals surface area contributed by atoms with Gasteiger partial charge in [0.25, 0.3) is 5.91 Å². The number of carbonyl (C=O) groups is 1. The predicted octanol–water partition coefficient (Wildman–Crippen LogP) is 3.70. The van der Waals surface area contributed by atoms with Gasteiger partial charge in [0.1, 0.15) is 0 Å². The van der Waals surface area contributed by atoms with Crippen molar-refractivity contribution in [3.63, 3.8) is 0 Å². The van der Waals surface area contributed by atoms with E-state index in [0.717, 1.165) is 5.56 Å². The fourth-order valence-electron chi connectivity index (χ4n) is 1.59. The Morgan fingerprint density at radius 1 is 1.11 bits per heavy atom. The molecule has 2 aromatic rings. The number of benzene rings is 2. The van der Waals surface area contributed by atoms with Crippen molar-refractivity contribution >= 4 is 34.8 Å². The van der Waals surface area contributed by atoms with Crippen molar-refractivity contribution in [1.82, 2.24) is 0 Å². The number of rotatable bonds is 3. The number of hydrogen-bond acceptors (Lipinski definition) is 2. The maximum Gasteiger partial charge on any atom is 0.255 e. The van der Waals surface area contributed by atoms with Gasteiger partial charge < -0.3 is 11.1 Å². The summed E-state index contributed by atoms with van der Waals surface area (Å²) in [5.74, 6) is -0.243. The zero-order valence-electron chi connectivity index (χ0n) is 9.99. The normalized spacial score (nSPS) is 10.3. The molecule has 0 unspecified atom stereocenters. The van der Waals surface area contributed by atoms with Gasteiger partial charge in [-0.15, -0.1) is 0 Å². The minimum Gasteiger partial charge on any atom is -0.326 e. The fraction of sp³-hybridized carbons (Fsp3) is 0.0714. The third-order valence-electron chi connectivity index (χ3n) is 2.65. The van der Waals surface area contributed by atoms with Crippen LogP contribution < -0.4 is 11.1 Å². The Morgan fingerprint density at radius 3 is 2.42 bits per heavy atom. The van der Waals surface area contributed by atoms with Crippen LogP contribution in [0, 0.1) is 0 Å². The Hall–Kier alpha value is -1.55. The van der Waals surface area contributed by atoms with Crippen LogP contribution in [0.15, 0.2) is 42.5 Å². The smallest absolute Gasteiger partial charge is 0.255 e. The topological polar surface area (TPSA) is 55.1 Å². The zero-order chi connectivity index (χ0) is 13.8. The molecule has 0 bridgehead atoms. The van der Waals surface area contributed by atoms with Crippen LogP contribution in [0.2, 0.25) is 10.0 Å². The average molecular weight is 295 g/mol. The lowest BCUT2D eigenvalue weighted by Gasteiger charge is -2.08. The fourth-order valence-corrected chi connectivity index (χ4v) is 1.93. The van der Waals surface area contributed by atoms with E-state index >= 15 is 0 Å². The van der Waals surface area contributed by atoms with Crippen LogP contribution in [0.4, 0.5) is 5.69 Å². The highest BCUT2D eigenvalue weighted by Crippen LogP contribution is 2.29. The Morgan fingerprint density at radius 2 is 1.79 bits per heavy atom. The molecular weight excluding hydrogens is 283 g/mol. The van der Waals surface area contributed by atoms with Crippen LogP contribution in [0.1, 0.15) is 15.9 Å². The lowest BCUT2D eigenvalue weighted by molar-refractivity contribution is 0.102. The number of nitrogens with two attached hydrogens (primary N) is 1. The minimum atomic E-state index is -0.243. The molecule has 0 atom stereocenters. The van der Waals surface area contributed by atoms with Crippen LogP contribution in [0.25, 0.3) is 0 Å². The summed E-state index contributed by atoms with van der Waals surface area (Å²) in [5, 5.41) is 3.45. The van der Waals surface area contributed by atoms with Gasteiger partial charge in [-0.3, -0.25) is 4.79 Å². The summed E-state index contributed by atoms with van der Waals surface area (Å²) in [7, 11) is 0. The van der Waals surface area contributed by atoms with Gasteiger partial charge in [-0.25, -0.2) is 0 Å². The number of hydrogen-bond donors (Lipinski definition) is 2. The van der Waals surface area contributed by atoms with Gasteiger partial charge in [-0.05, 0) is 29.8 Å². The Balaban J connectivity index is 2.18. The summed E-state index contributed by atoms with van der Waals surface area (Å²) in [4.78, 5) is 12.0. The Labute approximate surface area is 121 Å². The first kappa shape index (κ1) is 13.9. The van der Waals surface area contributed by atoms with E-state index in [9.17, 15) is 4.79 Å². The second-order valence-electron chi connectivity index (χ2n) is 3.96. The summed E-state index contributed by atoms with van der Waals surface area (Å²) in [6.45, 7) is 0.446. The maximum atomic E-state index is 12.0. The van der Waals surface area contributed by atoms with Crippen LogP contribution in [-0.4, -0.2) is 5.91 Å². The van der Waals surface area contributed by atoms with Crippen molar-refractivity contribution < 1.29 is 4.79 Å².